The summed E-state index contributed by atoms with van der Waals surface area (Å²) in [5, 5.41) is 0. The standard InChI is InChI=1S/C9H19NS/c1-8(2)9-4-3-5-10(9)6-7-11/h8-9,11H,3-7H2,1-2H3. The third-order valence-corrected chi connectivity index (χ3v) is 2.77. The molecule has 0 aromatic carbocycles. The largest absolute Gasteiger partial charge is 0.299 e. The van der Waals surface area contributed by atoms with Crippen LogP contribution >= 0.6 is 12.6 Å². The molecule has 0 saturated carbocycles. The smallest absolute Gasteiger partial charge is 0.0119 e. The molecule has 1 heterocycles. The Morgan fingerprint density at radius 3 is 2.82 bits per heavy atom. The lowest BCUT2D eigenvalue weighted by Crippen LogP contribution is -2.34. The zero-order valence-electron chi connectivity index (χ0n) is 7.58. The number of hydrogen-bond donors (Lipinski definition) is 1. The van der Waals surface area contributed by atoms with E-state index in [1.807, 2.05) is 0 Å². The molecule has 0 N–H and O–H groups in total. The van der Waals surface area contributed by atoms with Crippen molar-refractivity contribution < 1.29 is 0 Å². The molecule has 0 aromatic heterocycles. The van der Waals surface area contributed by atoms with Crippen LogP contribution in [0.15, 0.2) is 0 Å². The molecule has 2 heteroatoms. The van der Waals surface area contributed by atoms with Crippen LogP contribution in [0, 0.1) is 5.92 Å². The number of nitrogens with zero attached hydrogens (tertiary/aromatic N) is 1. The SMILES string of the molecule is CC(C)C1CCCN1CCS. The normalized spacial score (nSPS) is 26.7. The van der Waals surface area contributed by atoms with Crippen LogP contribution in [0.1, 0.15) is 26.7 Å². The van der Waals surface area contributed by atoms with Gasteiger partial charge < -0.3 is 0 Å². The van der Waals surface area contributed by atoms with Crippen LogP contribution in [-0.2, 0) is 0 Å². The summed E-state index contributed by atoms with van der Waals surface area (Å²) in [5.41, 5.74) is 0. The quantitative estimate of drug-likeness (QED) is 0.639. The van der Waals surface area contributed by atoms with Crippen molar-refractivity contribution in [2.75, 3.05) is 18.8 Å². The van der Waals surface area contributed by atoms with E-state index in [1.165, 1.54) is 25.9 Å². The highest BCUT2D eigenvalue weighted by atomic mass is 32.1. The van der Waals surface area contributed by atoms with E-state index in [4.69, 9.17) is 0 Å². The van der Waals surface area contributed by atoms with E-state index < -0.39 is 0 Å². The van der Waals surface area contributed by atoms with Gasteiger partial charge in [-0.15, -0.1) is 0 Å². The molecule has 1 rings (SSSR count). The second-order valence-electron chi connectivity index (χ2n) is 3.71. The van der Waals surface area contributed by atoms with Gasteiger partial charge in [0.25, 0.3) is 0 Å². The van der Waals surface area contributed by atoms with E-state index >= 15 is 0 Å². The molecule has 1 unspecified atom stereocenters. The Morgan fingerprint density at radius 2 is 2.27 bits per heavy atom. The van der Waals surface area contributed by atoms with Gasteiger partial charge in [-0.25, -0.2) is 0 Å². The van der Waals surface area contributed by atoms with E-state index in [2.05, 4.69) is 31.4 Å². The molecule has 1 saturated heterocycles. The summed E-state index contributed by atoms with van der Waals surface area (Å²) in [6, 6.07) is 0.835. The van der Waals surface area contributed by atoms with Crippen molar-refractivity contribution in [1.82, 2.24) is 4.90 Å². The first kappa shape index (κ1) is 9.40. The second kappa shape index (κ2) is 4.36. The first-order chi connectivity index (χ1) is 5.25. The molecule has 0 spiro atoms. The predicted molar refractivity (Wildman–Crippen MR) is 53.3 cm³/mol. The van der Waals surface area contributed by atoms with Gasteiger partial charge >= 0.3 is 0 Å². The first-order valence-electron chi connectivity index (χ1n) is 4.60. The molecular formula is C9H19NS. The molecule has 0 amide bonds. The highest BCUT2D eigenvalue weighted by Crippen LogP contribution is 2.22. The van der Waals surface area contributed by atoms with E-state index in [0.717, 1.165) is 17.7 Å². The van der Waals surface area contributed by atoms with Gasteiger partial charge in [-0.05, 0) is 25.3 Å². The van der Waals surface area contributed by atoms with Gasteiger partial charge in [0.15, 0.2) is 0 Å². The highest BCUT2D eigenvalue weighted by molar-refractivity contribution is 7.80. The fourth-order valence-electron chi connectivity index (χ4n) is 2.01. The Kier molecular flexibility index (Phi) is 3.73. The minimum atomic E-state index is 0.817. The number of thiol groups is 1. The van der Waals surface area contributed by atoms with E-state index in [0.29, 0.717) is 0 Å². The molecule has 0 aromatic rings. The molecule has 0 bridgehead atoms. The van der Waals surface area contributed by atoms with Crippen LogP contribution in [0.25, 0.3) is 0 Å². The third-order valence-electron chi connectivity index (χ3n) is 2.57. The average molecular weight is 173 g/mol. The van der Waals surface area contributed by atoms with Crippen molar-refractivity contribution in [3.63, 3.8) is 0 Å². The highest BCUT2D eigenvalue weighted by Gasteiger charge is 2.25. The van der Waals surface area contributed by atoms with Crippen molar-refractivity contribution in [1.29, 1.82) is 0 Å². The molecule has 0 radical (unpaired) electrons. The van der Waals surface area contributed by atoms with Gasteiger partial charge in [0, 0.05) is 18.3 Å². The number of likely N-dealkylation sites (tertiary alicyclic amines) is 1. The maximum atomic E-state index is 4.26. The van der Waals surface area contributed by atoms with Crippen LogP contribution in [-0.4, -0.2) is 29.8 Å². The molecule has 66 valence electrons. The zero-order chi connectivity index (χ0) is 8.27. The monoisotopic (exact) mass is 173 g/mol. The topological polar surface area (TPSA) is 3.24 Å². The summed E-state index contributed by atoms with van der Waals surface area (Å²) in [7, 11) is 0. The van der Waals surface area contributed by atoms with Crippen molar-refractivity contribution in [3.8, 4) is 0 Å². The van der Waals surface area contributed by atoms with Gasteiger partial charge in [-0.3, -0.25) is 4.90 Å². The molecule has 1 aliphatic rings. The summed E-state index contributed by atoms with van der Waals surface area (Å²) in [6.07, 6.45) is 2.78. The van der Waals surface area contributed by atoms with Crippen LogP contribution in [0.4, 0.5) is 0 Å². The van der Waals surface area contributed by atoms with Crippen molar-refractivity contribution in [2.45, 2.75) is 32.7 Å². The van der Waals surface area contributed by atoms with Crippen LogP contribution in [0.2, 0.25) is 0 Å². The summed E-state index contributed by atoms with van der Waals surface area (Å²) >= 11 is 4.26. The lowest BCUT2D eigenvalue weighted by molar-refractivity contribution is 0.219. The molecule has 1 atom stereocenters. The Morgan fingerprint density at radius 1 is 1.55 bits per heavy atom. The minimum absolute atomic E-state index is 0.817. The Bertz CT molecular complexity index is 114. The molecule has 1 aliphatic heterocycles. The van der Waals surface area contributed by atoms with Gasteiger partial charge in [0.2, 0.25) is 0 Å². The van der Waals surface area contributed by atoms with Gasteiger partial charge in [-0.1, -0.05) is 13.8 Å². The van der Waals surface area contributed by atoms with Gasteiger partial charge in [0.05, 0.1) is 0 Å². The summed E-state index contributed by atoms with van der Waals surface area (Å²) in [4.78, 5) is 2.58. The molecule has 0 aliphatic carbocycles. The lowest BCUT2D eigenvalue weighted by Gasteiger charge is -2.26. The maximum absolute atomic E-state index is 4.26. The van der Waals surface area contributed by atoms with E-state index in [1.54, 1.807) is 0 Å². The van der Waals surface area contributed by atoms with Gasteiger partial charge in [0.1, 0.15) is 0 Å². The second-order valence-corrected chi connectivity index (χ2v) is 4.16. The maximum Gasteiger partial charge on any atom is 0.0119 e. The van der Waals surface area contributed by atoms with Crippen molar-refractivity contribution in [2.24, 2.45) is 5.92 Å². The van der Waals surface area contributed by atoms with Crippen LogP contribution in [0.5, 0.6) is 0 Å². The van der Waals surface area contributed by atoms with Crippen LogP contribution < -0.4 is 0 Å². The number of hydrogen-bond acceptors (Lipinski definition) is 2. The van der Waals surface area contributed by atoms with E-state index in [-0.39, 0.29) is 0 Å². The van der Waals surface area contributed by atoms with Crippen molar-refractivity contribution in [3.05, 3.63) is 0 Å². The fourth-order valence-corrected chi connectivity index (χ4v) is 2.27. The Labute approximate surface area is 75.6 Å². The van der Waals surface area contributed by atoms with E-state index in [9.17, 15) is 0 Å². The molecule has 11 heavy (non-hydrogen) atoms. The molecule has 1 nitrogen and oxygen atoms in total. The average Bonchev–Trinajstić information content (AvgIpc) is 2.36. The summed E-state index contributed by atoms with van der Waals surface area (Å²) in [6.45, 7) is 7.11. The predicted octanol–water partition coefficient (Wildman–Crippen LogP) is 2.04. The summed E-state index contributed by atoms with van der Waals surface area (Å²) in [5.74, 6) is 1.82. The summed E-state index contributed by atoms with van der Waals surface area (Å²) < 4.78 is 0. The zero-order valence-corrected chi connectivity index (χ0v) is 8.48. The fraction of sp³-hybridized carbons (Fsp3) is 1.00. The van der Waals surface area contributed by atoms with Crippen LogP contribution in [0.3, 0.4) is 0 Å². The first-order valence-corrected chi connectivity index (χ1v) is 5.24. The Balaban J connectivity index is 2.37. The molecular weight excluding hydrogens is 154 g/mol. The Hall–Kier alpha value is 0.310. The van der Waals surface area contributed by atoms with Crippen molar-refractivity contribution >= 4 is 12.6 Å². The minimum Gasteiger partial charge on any atom is -0.299 e. The lowest BCUT2D eigenvalue weighted by atomic mass is 10.0. The third kappa shape index (κ3) is 2.38. The van der Waals surface area contributed by atoms with Gasteiger partial charge in [-0.2, -0.15) is 12.6 Å². The molecule has 1 fully saturated rings. The number of rotatable bonds is 3.